The Bertz CT molecular complexity index is 332. The normalized spacial score (nSPS) is 18.6. The van der Waals surface area contributed by atoms with Gasteiger partial charge in [-0.15, -0.1) is 12.4 Å². The molecule has 0 atom stereocenters. The number of halogens is 1. The van der Waals surface area contributed by atoms with Crippen molar-refractivity contribution in [2.45, 2.75) is 25.3 Å². The van der Waals surface area contributed by atoms with Gasteiger partial charge in [-0.05, 0) is 38.9 Å². The van der Waals surface area contributed by atoms with Gasteiger partial charge in [-0.2, -0.15) is 0 Å². The van der Waals surface area contributed by atoms with E-state index in [0.717, 1.165) is 25.9 Å². The number of hydrogen-bond donors (Lipinski definition) is 2. The van der Waals surface area contributed by atoms with Gasteiger partial charge in [0.15, 0.2) is 0 Å². The first-order valence-electron chi connectivity index (χ1n) is 5.25. The number of amides is 1. The van der Waals surface area contributed by atoms with Crippen LogP contribution in [-0.4, -0.2) is 24.5 Å². The molecule has 0 unspecified atom stereocenters. The van der Waals surface area contributed by atoms with E-state index in [9.17, 15) is 4.79 Å². The molecule has 1 aromatic rings. The number of rotatable bonds is 2. The van der Waals surface area contributed by atoms with Gasteiger partial charge in [0.1, 0.15) is 6.26 Å². The summed E-state index contributed by atoms with van der Waals surface area (Å²) in [5, 5.41) is 6.34. The molecule has 0 spiro atoms. The summed E-state index contributed by atoms with van der Waals surface area (Å²) in [7, 11) is 0. The van der Waals surface area contributed by atoms with Crippen LogP contribution in [0, 0.1) is 0 Å². The summed E-state index contributed by atoms with van der Waals surface area (Å²) in [6, 6.07) is 1.68. The van der Waals surface area contributed by atoms with Crippen LogP contribution < -0.4 is 10.6 Å². The van der Waals surface area contributed by atoms with Crippen LogP contribution in [0.2, 0.25) is 0 Å². The van der Waals surface area contributed by atoms with Gasteiger partial charge in [0.05, 0.1) is 11.8 Å². The van der Waals surface area contributed by atoms with E-state index in [1.807, 2.05) is 0 Å². The SMILES string of the molecule is CC1(NC(=O)c2ccoc2)CCNCC1.Cl. The maximum absolute atomic E-state index is 11.8. The summed E-state index contributed by atoms with van der Waals surface area (Å²) < 4.78 is 4.88. The highest BCUT2D eigenvalue weighted by molar-refractivity contribution is 5.94. The Morgan fingerprint density at radius 3 is 2.75 bits per heavy atom. The molecular weight excluding hydrogens is 228 g/mol. The van der Waals surface area contributed by atoms with E-state index in [1.54, 1.807) is 6.07 Å². The highest BCUT2D eigenvalue weighted by Crippen LogP contribution is 2.17. The first-order valence-corrected chi connectivity index (χ1v) is 5.25. The van der Waals surface area contributed by atoms with Crippen LogP contribution in [0.1, 0.15) is 30.1 Å². The molecule has 2 heterocycles. The van der Waals surface area contributed by atoms with E-state index in [1.165, 1.54) is 12.5 Å². The molecular formula is C11H17ClN2O2. The third-order valence-electron chi connectivity index (χ3n) is 2.91. The largest absolute Gasteiger partial charge is 0.472 e. The predicted octanol–water partition coefficient (Wildman–Crippen LogP) is 1.57. The number of carbonyl (C=O) groups is 1. The van der Waals surface area contributed by atoms with Crippen molar-refractivity contribution in [3.8, 4) is 0 Å². The Balaban J connectivity index is 0.00000128. The van der Waals surface area contributed by atoms with Crippen molar-refractivity contribution >= 4 is 18.3 Å². The van der Waals surface area contributed by atoms with Crippen LogP contribution in [-0.2, 0) is 0 Å². The summed E-state index contributed by atoms with van der Waals surface area (Å²) in [4.78, 5) is 11.8. The van der Waals surface area contributed by atoms with E-state index >= 15 is 0 Å². The zero-order valence-electron chi connectivity index (χ0n) is 9.29. The van der Waals surface area contributed by atoms with Gasteiger partial charge in [0, 0.05) is 5.54 Å². The third-order valence-corrected chi connectivity index (χ3v) is 2.91. The molecule has 0 aromatic carbocycles. The molecule has 2 rings (SSSR count). The van der Waals surface area contributed by atoms with E-state index in [0.29, 0.717) is 5.56 Å². The average molecular weight is 245 g/mol. The van der Waals surface area contributed by atoms with Gasteiger partial charge in [-0.1, -0.05) is 0 Å². The summed E-state index contributed by atoms with van der Waals surface area (Å²) in [6.45, 7) is 4.01. The van der Waals surface area contributed by atoms with Crippen LogP contribution in [0.15, 0.2) is 23.0 Å². The van der Waals surface area contributed by atoms with Crippen molar-refractivity contribution in [3.05, 3.63) is 24.2 Å². The molecule has 1 fully saturated rings. The van der Waals surface area contributed by atoms with E-state index < -0.39 is 0 Å². The number of piperidine rings is 1. The topological polar surface area (TPSA) is 54.3 Å². The number of carbonyl (C=O) groups excluding carboxylic acids is 1. The van der Waals surface area contributed by atoms with Crippen molar-refractivity contribution in [2.75, 3.05) is 13.1 Å². The molecule has 4 nitrogen and oxygen atoms in total. The highest BCUT2D eigenvalue weighted by atomic mass is 35.5. The standard InChI is InChI=1S/C11H16N2O2.ClH/c1-11(3-5-12-6-4-11)13-10(14)9-2-7-15-8-9;/h2,7-8,12H,3-6H2,1H3,(H,13,14);1H. The first-order chi connectivity index (χ1) is 7.20. The summed E-state index contributed by atoms with van der Waals surface area (Å²) in [5.41, 5.74) is 0.509. The Hall–Kier alpha value is -1.00. The lowest BCUT2D eigenvalue weighted by Gasteiger charge is -2.34. The maximum Gasteiger partial charge on any atom is 0.254 e. The van der Waals surface area contributed by atoms with E-state index in [2.05, 4.69) is 17.6 Å². The van der Waals surface area contributed by atoms with Crippen molar-refractivity contribution in [2.24, 2.45) is 0 Å². The zero-order valence-corrected chi connectivity index (χ0v) is 10.1. The number of furan rings is 1. The minimum atomic E-state index is -0.0837. The van der Waals surface area contributed by atoms with E-state index in [-0.39, 0.29) is 23.9 Å². The molecule has 0 bridgehead atoms. The lowest BCUT2D eigenvalue weighted by molar-refractivity contribution is 0.0887. The summed E-state index contributed by atoms with van der Waals surface area (Å²) in [5.74, 6) is -0.0480. The molecule has 0 radical (unpaired) electrons. The molecule has 90 valence electrons. The zero-order chi connectivity index (χ0) is 10.7. The molecule has 1 aromatic heterocycles. The fourth-order valence-corrected chi connectivity index (χ4v) is 1.84. The minimum absolute atomic E-state index is 0. The Kier molecular flexibility index (Phi) is 4.38. The lowest BCUT2D eigenvalue weighted by Crippen LogP contribution is -2.52. The van der Waals surface area contributed by atoms with Gasteiger partial charge in [0.25, 0.3) is 5.91 Å². The molecule has 1 saturated heterocycles. The molecule has 2 N–H and O–H groups in total. The smallest absolute Gasteiger partial charge is 0.254 e. The number of hydrogen-bond acceptors (Lipinski definition) is 3. The predicted molar refractivity (Wildman–Crippen MR) is 63.9 cm³/mol. The van der Waals surface area contributed by atoms with Crippen LogP contribution in [0.25, 0.3) is 0 Å². The first kappa shape index (κ1) is 13.1. The van der Waals surface area contributed by atoms with E-state index in [4.69, 9.17) is 4.42 Å². The minimum Gasteiger partial charge on any atom is -0.472 e. The molecule has 1 amide bonds. The second kappa shape index (κ2) is 5.37. The molecule has 0 saturated carbocycles. The van der Waals surface area contributed by atoms with Crippen LogP contribution in [0.5, 0.6) is 0 Å². The van der Waals surface area contributed by atoms with Gasteiger partial charge < -0.3 is 15.1 Å². The van der Waals surface area contributed by atoms with Gasteiger partial charge in [0.2, 0.25) is 0 Å². The summed E-state index contributed by atoms with van der Waals surface area (Å²) in [6.07, 6.45) is 4.92. The number of nitrogens with one attached hydrogen (secondary N) is 2. The fraction of sp³-hybridized carbons (Fsp3) is 0.545. The van der Waals surface area contributed by atoms with Crippen LogP contribution in [0.3, 0.4) is 0 Å². The fourth-order valence-electron chi connectivity index (χ4n) is 1.84. The van der Waals surface area contributed by atoms with Gasteiger partial charge in [-0.25, -0.2) is 0 Å². The molecule has 1 aliphatic rings. The van der Waals surface area contributed by atoms with Gasteiger partial charge in [-0.3, -0.25) is 4.79 Å². The second-order valence-corrected chi connectivity index (χ2v) is 4.28. The molecule has 1 aliphatic heterocycles. The Morgan fingerprint density at radius 2 is 2.19 bits per heavy atom. The quantitative estimate of drug-likeness (QED) is 0.831. The Morgan fingerprint density at radius 1 is 1.50 bits per heavy atom. The third kappa shape index (κ3) is 3.00. The van der Waals surface area contributed by atoms with Crippen LogP contribution in [0.4, 0.5) is 0 Å². The molecule has 16 heavy (non-hydrogen) atoms. The van der Waals surface area contributed by atoms with Gasteiger partial charge >= 0.3 is 0 Å². The maximum atomic E-state index is 11.8. The van der Waals surface area contributed by atoms with Crippen molar-refractivity contribution in [1.29, 1.82) is 0 Å². The Labute approximate surface area is 101 Å². The van der Waals surface area contributed by atoms with Crippen molar-refractivity contribution in [3.63, 3.8) is 0 Å². The molecule has 5 heteroatoms. The van der Waals surface area contributed by atoms with Crippen molar-refractivity contribution in [1.82, 2.24) is 10.6 Å². The molecule has 0 aliphatic carbocycles. The summed E-state index contributed by atoms with van der Waals surface area (Å²) >= 11 is 0. The van der Waals surface area contributed by atoms with Crippen molar-refractivity contribution < 1.29 is 9.21 Å². The second-order valence-electron chi connectivity index (χ2n) is 4.28. The monoisotopic (exact) mass is 244 g/mol. The highest BCUT2D eigenvalue weighted by Gasteiger charge is 2.28. The lowest BCUT2D eigenvalue weighted by atomic mass is 9.90. The average Bonchev–Trinajstić information content (AvgIpc) is 2.70. The van der Waals surface area contributed by atoms with Crippen LogP contribution >= 0.6 is 12.4 Å².